The van der Waals surface area contributed by atoms with Gasteiger partial charge in [0, 0.05) is 31.8 Å². The molecule has 1 saturated heterocycles. The van der Waals surface area contributed by atoms with Gasteiger partial charge in [-0.05, 0) is 24.9 Å². The summed E-state index contributed by atoms with van der Waals surface area (Å²) in [5.74, 6) is -0.888. The van der Waals surface area contributed by atoms with Gasteiger partial charge in [-0.2, -0.15) is 0 Å². The maximum absolute atomic E-state index is 10.4. The number of carboxylic acid groups (broad SMARTS) is 1. The SMILES string of the molecule is O=C(O)/C=C/CNC1CCCN(Cc2ccccc2)C1. The van der Waals surface area contributed by atoms with Gasteiger partial charge in [0.2, 0.25) is 0 Å². The van der Waals surface area contributed by atoms with Crippen molar-refractivity contribution in [2.75, 3.05) is 19.6 Å². The third kappa shape index (κ3) is 5.15. The summed E-state index contributed by atoms with van der Waals surface area (Å²) in [6.45, 7) is 3.77. The fourth-order valence-electron chi connectivity index (χ4n) is 2.60. The van der Waals surface area contributed by atoms with Crippen molar-refractivity contribution < 1.29 is 9.90 Å². The number of nitrogens with one attached hydrogen (secondary N) is 1. The molecule has 20 heavy (non-hydrogen) atoms. The first-order valence-electron chi connectivity index (χ1n) is 7.13. The fourth-order valence-corrected chi connectivity index (χ4v) is 2.60. The molecular weight excluding hydrogens is 252 g/mol. The lowest BCUT2D eigenvalue weighted by Crippen LogP contribution is -2.45. The molecule has 0 aliphatic carbocycles. The highest BCUT2D eigenvalue weighted by molar-refractivity contribution is 5.79. The lowest BCUT2D eigenvalue weighted by atomic mass is 10.0. The van der Waals surface area contributed by atoms with Gasteiger partial charge in [-0.25, -0.2) is 4.79 Å². The van der Waals surface area contributed by atoms with E-state index >= 15 is 0 Å². The van der Waals surface area contributed by atoms with Crippen LogP contribution < -0.4 is 5.32 Å². The van der Waals surface area contributed by atoms with Crippen molar-refractivity contribution in [1.82, 2.24) is 10.2 Å². The Morgan fingerprint density at radius 1 is 1.40 bits per heavy atom. The Balaban J connectivity index is 1.75. The summed E-state index contributed by atoms with van der Waals surface area (Å²) in [6, 6.07) is 11.0. The van der Waals surface area contributed by atoms with Crippen molar-refractivity contribution in [2.24, 2.45) is 0 Å². The number of aliphatic carboxylic acids is 1. The summed E-state index contributed by atoms with van der Waals surface area (Å²) in [6.07, 6.45) is 5.20. The third-order valence-electron chi connectivity index (χ3n) is 3.54. The number of rotatable bonds is 6. The molecule has 1 aliphatic heterocycles. The van der Waals surface area contributed by atoms with Crippen LogP contribution in [0.5, 0.6) is 0 Å². The molecule has 2 rings (SSSR count). The first-order valence-corrected chi connectivity index (χ1v) is 7.13. The van der Waals surface area contributed by atoms with Crippen LogP contribution in [0.2, 0.25) is 0 Å². The number of benzene rings is 1. The van der Waals surface area contributed by atoms with Crippen LogP contribution in [0.25, 0.3) is 0 Å². The zero-order valence-corrected chi connectivity index (χ0v) is 11.7. The van der Waals surface area contributed by atoms with E-state index in [2.05, 4.69) is 34.5 Å². The fraction of sp³-hybridized carbons (Fsp3) is 0.438. The van der Waals surface area contributed by atoms with E-state index in [1.54, 1.807) is 6.08 Å². The predicted octanol–water partition coefficient (Wildman–Crippen LogP) is 1.88. The van der Waals surface area contributed by atoms with Crippen LogP contribution in [0.15, 0.2) is 42.5 Å². The number of piperidine rings is 1. The third-order valence-corrected chi connectivity index (χ3v) is 3.54. The molecule has 108 valence electrons. The first-order chi connectivity index (χ1) is 9.74. The number of carbonyl (C=O) groups is 1. The average Bonchev–Trinajstić information content (AvgIpc) is 2.45. The number of nitrogens with zero attached hydrogens (tertiary/aromatic N) is 1. The van der Waals surface area contributed by atoms with Gasteiger partial charge in [-0.3, -0.25) is 4.90 Å². The van der Waals surface area contributed by atoms with Crippen LogP contribution in [0.4, 0.5) is 0 Å². The minimum Gasteiger partial charge on any atom is -0.478 e. The van der Waals surface area contributed by atoms with E-state index in [4.69, 9.17) is 5.11 Å². The second kappa shape index (κ2) is 7.82. The summed E-state index contributed by atoms with van der Waals surface area (Å²) in [5.41, 5.74) is 1.35. The topological polar surface area (TPSA) is 52.6 Å². The summed E-state index contributed by atoms with van der Waals surface area (Å²) in [5, 5.41) is 11.9. The van der Waals surface area contributed by atoms with Crippen molar-refractivity contribution in [2.45, 2.75) is 25.4 Å². The molecule has 1 aromatic carbocycles. The molecule has 0 aromatic heterocycles. The van der Waals surface area contributed by atoms with Gasteiger partial charge in [-0.1, -0.05) is 36.4 Å². The number of hydrogen-bond acceptors (Lipinski definition) is 3. The van der Waals surface area contributed by atoms with Crippen molar-refractivity contribution in [1.29, 1.82) is 0 Å². The summed E-state index contributed by atoms with van der Waals surface area (Å²) >= 11 is 0. The lowest BCUT2D eigenvalue weighted by Gasteiger charge is -2.33. The minimum atomic E-state index is -0.888. The molecule has 1 aliphatic rings. The molecule has 0 amide bonds. The maximum Gasteiger partial charge on any atom is 0.328 e. The highest BCUT2D eigenvalue weighted by atomic mass is 16.4. The molecule has 0 spiro atoms. The highest BCUT2D eigenvalue weighted by Gasteiger charge is 2.18. The van der Waals surface area contributed by atoms with Crippen molar-refractivity contribution in [3.8, 4) is 0 Å². The Hall–Kier alpha value is -1.65. The van der Waals surface area contributed by atoms with Crippen LogP contribution in [0.1, 0.15) is 18.4 Å². The van der Waals surface area contributed by atoms with Gasteiger partial charge >= 0.3 is 5.97 Å². The van der Waals surface area contributed by atoms with Gasteiger partial charge in [0.05, 0.1) is 0 Å². The second-order valence-corrected chi connectivity index (χ2v) is 5.21. The normalized spacial score (nSPS) is 20.3. The maximum atomic E-state index is 10.4. The van der Waals surface area contributed by atoms with E-state index in [-0.39, 0.29) is 0 Å². The van der Waals surface area contributed by atoms with Gasteiger partial charge in [0.25, 0.3) is 0 Å². The van der Waals surface area contributed by atoms with Crippen LogP contribution >= 0.6 is 0 Å². The van der Waals surface area contributed by atoms with Gasteiger partial charge in [-0.15, -0.1) is 0 Å². The molecule has 1 heterocycles. The van der Waals surface area contributed by atoms with E-state index in [1.807, 2.05) is 6.07 Å². The Morgan fingerprint density at radius 3 is 2.95 bits per heavy atom. The largest absolute Gasteiger partial charge is 0.478 e. The van der Waals surface area contributed by atoms with E-state index in [0.29, 0.717) is 12.6 Å². The lowest BCUT2D eigenvalue weighted by molar-refractivity contribution is -0.131. The van der Waals surface area contributed by atoms with Crippen LogP contribution in [-0.2, 0) is 11.3 Å². The first kappa shape index (κ1) is 14.8. The molecule has 1 unspecified atom stereocenters. The summed E-state index contributed by atoms with van der Waals surface area (Å²) in [7, 11) is 0. The molecule has 0 saturated carbocycles. The van der Waals surface area contributed by atoms with Gasteiger partial charge < -0.3 is 10.4 Å². The standard InChI is InChI=1S/C16H22N2O2/c19-16(20)9-4-10-17-15-8-5-11-18(13-15)12-14-6-2-1-3-7-14/h1-4,6-7,9,15,17H,5,8,10-13H2,(H,19,20)/b9-4+. The summed E-state index contributed by atoms with van der Waals surface area (Å²) < 4.78 is 0. The molecule has 4 nitrogen and oxygen atoms in total. The molecule has 1 fully saturated rings. The quantitative estimate of drug-likeness (QED) is 0.778. The van der Waals surface area contributed by atoms with Crippen molar-refractivity contribution >= 4 is 5.97 Å². The van der Waals surface area contributed by atoms with Crippen molar-refractivity contribution in [3.63, 3.8) is 0 Å². The predicted molar refractivity (Wildman–Crippen MR) is 79.5 cm³/mol. The van der Waals surface area contributed by atoms with E-state index in [9.17, 15) is 4.79 Å². The van der Waals surface area contributed by atoms with Gasteiger partial charge in [0.1, 0.15) is 0 Å². The molecule has 0 radical (unpaired) electrons. The smallest absolute Gasteiger partial charge is 0.328 e. The number of likely N-dealkylation sites (tertiary alicyclic amines) is 1. The van der Waals surface area contributed by atoms with Gasteiger partial charge in [0.15, 0.2) is 0 Å². The zero-order valence-electron chi connectivity index (χ0n) is 11.7. The van der Waals surface area contributed by atoms with Crippen molar-refractivity contribution in [3.05, 3.63) is 48.0 Å². The van der Waals surface area contributed by atoms with Crippen LogP contribution in [0, 0.1) is 0 Å². The molecule has 4 heteroatoms. The van der Waals surface area contributed by atoms with E-state index < -0.39 is 5.97 Å². The molecule has 0 bridgehead atoms. The second-order valence-electron chi connectivity index (χ2n) is 5.21. The Labute approximate surface area is 120 Å². The molecular formula is C16H22N2O2. The Kier molecular flexibility index (Phi) is 5.77. The highest BCUT2D eigenvalue weighted by Crippen LogP contribution is 2.13. The monoisotopic (exact) mass is 274 g/mol. The Morgan fingerprint density at radius 2 is 2.20 bits per heavy atom. The molecule has 1 atom stereocenters. The van der Waals surface area contributed by atoms with Crippen LogP contribution in [-0.4, -0.2) is 41.7 Å². The number of carboxylic acids is 1. The van der Waals surface area contributed by atoms with E-state index in [1.165, 1.54) is 18.1 Å². The average molecular weight is 274 g/mol. The zero-order chi connectivity index (χ0) is 14.2. The van der Waals surface area contributed by atoms with E-state index in [0.717, 1.165) is 26.1 Å². The minimum absolute atomic E-state index is 0.450. The number of hydrogen-bond donors (Lipinski definition) is 2. The molecule has 1 aromatic rings. The molecule has 2 N–H and O–H groups in total. The Bertz CT molecular complexity index is 445. The van der Waals surface area contributed by atoms with Crippen LogP contribution in [0.3, 0.4) is 0 Å². The summed E-state index contributed by atoms with van der Waals surface area (Å²) in [4.78, 5) is 12.8.